The second-order valence-electron chi connectivity index (χ2n) is 8.45. The first-order chi connectivity index (χ1) is 14.5. The highest BCUT2D eigenvalue weighted by Gasteiger charge is 2.33. The van der Waals surface area contributed by atoms with E-state index in [0.717, 1.165) is 54.8 Å². The maximum absolute atomic E-state index is 12.5. The lowest BCUT2D eigenvalue weighted by atomic mass is 9.96. The van der Waals surface area contributed by atoms with E-state index in [1.54, 1.807) is 7.05 Å². The maximum atomic E-state index is 12.5. The molecular formula is C21H26N6O2S. The molecule has 3 aromatic rings. The van der Waals surface area contributed by atoms with Crippen molar-refractivity contribution < 1.29 is 4.79 Å². The van der Waals surface area contributed by atoms with Gasteiger partial charge in [-0.3, -0.25) is 14.3 Å². The van der Waals surface area contributed by atoms with E-state index < -0.39 is 0 Å². The van der Waals surface area contributed by atoms with Gasteiger partial charge in [-0.05, 0) is 63.4 Å². The number of aromatic nitrogens is 4. The molecule has 5 rings (SSSR count). The van der Waals surface area contributed by atoms with E-state index in [0.29, 0.717) is 17.7 Å². The van der Waals surface area contributed by atoms with Crippen molar-refractivity contribution >= 4 is 32.6 Å². The average Bonchev–Trinajstić information content (AvgIpc) is 3.40. The summed E-state index contributed by atoms with van der Waals surface area (Å²) in [5.41, 5.74) is 2.10. The van der Waals surface area contributed by atoms with Gasteiger partial charge in [0.1, 0.15) is 5.82 Å². The lowest BCUT2D eigenvalue weighted by Crippen LogP contribution is -2.39. The summed E-state index contributed by atoms with van der Waals surface area (Å²) in [6.45, 7) is 4.06. The molecule has 2 aromatic heterocycles. The molecule has 1 aliphatic carbocycles. The second kappa shape index (κ2) is 7.63. The minimum atomic E-state index is -0.0306. The maximum Gasteiger partial charge on any atom is 0.345 e. The Hall–Kier alpha value is -2.52. The van der Waals surface area contributed by atoms with Crippen molar-refractivity contribution in [1.82, 2.24) is 24.2 Å². The fourth-order valence-electron chi connectivity index (χ4n) is 4.25. The van der Waals surface area contributed by atoms with Crippen LogP contribution in [0.2, 0.25) is 0 Å². The average molecular weight is 427 g/mol. The van der Waals surface area contributed by atoms with Gasteiger partial charge in [0.15, 0.2) is 5.13 Å². The Balaban J connectivity index is 1.18. The number of hydrogen-bond acceptors (Lipinski definition) is 6. The monoisotopic (exact) mass is 426 g/mol. The number of piperidine rings is 1. The van der Waals surface area contributed by atoms with Crippen LogP contribution >= 0.6 is 11.3 Å². The van der Waals surface area contributed by atoms with Crippen molar-refractivity contribution in [3.63, 3.8) is 0 Å². The van der Waals surface area contributed by atoms with E-state index in [4.69, 9.17) is 0 Å². The number of thiazole rings is 1. The molecule has 2 fully saturated rings. The summed E-state index contributed by atoms with van der Waals surface area (Å²) in [6, 6.07) is 6.44. The Morgan fingerprint density at radius 2 is 2.00 bits per heavy atom. The normalized spacial score (nSPS) is 18.2. The third-order valence-electron chi connectivity index (χ3n) is 6.00. The van der Waals surface area contributed by atoms with E-state index in [1.165, 1.54) is 21.6 Å². The zero-order chi connectivity index (χ0) is 20.8. The van der Waals surface area contributed by atoms with Crippen molar-refractivity contribution in [1.29, 1.82) is 0 Å². The van der Waals surface area contributed by atoms with Crippen LogP contribution in [-0.2, 0) is 11.8 Å². The zero-order valence-electron chi connectivity index (χ0n) is 17.3. The van der Waals surface area contributed by atoms with Gasteiger partial charge in [-0.2, -0.15) is 5.10 Å². The number of aryl methyl sites for hydroxylation is 2. The number of rotatable bonds is 5. The molecule has 0 atom stereocenters. The van der Waals surface area contributed by atoms with Gasteiger partial charge in [-0.25, -0.2) is 14.5 Å². The van der Waals surface area contributed by atoms with Crippen LogP contribution < -0.4 is 11.0 Å². The highest BCUT2D eigenvalue weighted by molar-refractivity contribution is 7.22. The van der Waals surface area contributed by atoms with Crippen molar-refractivity contribution in [3.05, 3.63) is 40.1 Å². The first kappa shape index (κ1) is 19.4. The molecule has 8 nitrogen and oxygen atoms in total. The molecular weight excluding hydrogens is 400 g/mol. The smallest absolute Gasteiger partial charge is 0.301 e. The third kappa shape index (κ3) is 3.79. The van der Waals surface area contributed by atoms with Crippen molar-refractivity contribution in [2.24, 2.45) is 7.05 Å². The number of amides is 1. The van der Waals surface area contributed by atoms with Gasteiger partial charge in [0.05, 0.1) is 16.8 Å². The summed E-state index contributed by atoms with van der Waals surface area (Å²) >= 11 is 1.51. The highest BCUT2D eigenvalue weighted by Crippen LogP contribution is 2.37. The van der Waals surface area contributed by atoms with E-state index in [-0.39, 0.29) is 17.5 Å². The van der Waals surface area contributed by atoms with Crippen LogP contribution in [0, 0.1) is 6.92 Å². The van der Waals surface area contributed by atoms with E-state index in [1.807, 2.05) is 16.7 Å². The highest BCUT2D eigenvalue weighted by atomic mass is 32.1. The number of nitrogens with one attached hydrogen (secondary N) is 1. The molecule has 2 aliphatic rings. The Morgan fingerprint density at radius 3 is 2.73 bits per heavy atom. The van der Waals surface area contributed by atoms with Crippen LogP contribution in [0.15, 0.2) is 23.0 Å². The minimum absolute atomic E-state index is 0.000311. The van der Waals surface area contributed by atoms with Gasteiger partial charge in [0, 0.05) is 19.0 Å². The summed E-state index contributed by atoms with van der Waals surface area (Å²) in [6.07, 6.45) is 3.97. The third-order valence-corrected chi connectivity index (χ3v) is 6.94. The quantitative estimate of drug-likeness (QED) is 0.678. The molecule has 0 spiro atoms. The summed E-state index contributed by atoms with van der Waals surface area (Å²) in [5.74, 6) is 1.18. The fourth-order valence-corrected chi connectivity index (χ4v) is 5.23. The van der Waals surface area contributed by atoms with Gasteiger partial charge in [-0.15, -0.1) is 0 Å². The number of benzene rings is 1. The van der Waals surface area contributed by atoms with Crippen molar-refractivity contribution in [2.45, 2.75) is 44.6 Å². The van der Waals surface area contributed by atoms with Crippen LogP contribution in [0.5, 0.6) is 0 Å². The number of likely N-dealkylation sites (tertiary alicyclic amines) is 1. The Labute approximate surface area is 178 Å². The predicted molar refractivity (Wildman–Crippen MR) is 117 cm³/mol. The molecule has 9 heteroatoms. The number of hydrogen-bond donors (Lipinski definition) is 1. The number of nitrogens with zero attached hydrogens (tertiary/aromatic N) is 5. The number of fused-ring (bicyclic) bond motifs is 1. The fraction of sp³-hybridized carbons (Fsp3) is 0.524. The van der Waals surface area contributed by atoms with Gasteiger partial charge in [0.25, 0.3) is 0 Å². The van der Waals surface area contributed by atoms with E-state index in [9.17, 15) is 9.59 Å². The summed E-state index contributed by atoms with van der Waals surface area (Å²) in [5, 5.41) is 8.13. The van der Waals surface area contributed by atoms with Crippen LogP contribution in [0.3, 0.4) is 0 Å². The molecule has 30 heavy (non-hydrogen) atoms. The largest absolute Gasteiger partial charge is 0.345 e. The van der Waals surface area contributed by atoms with Gasteiger partial charge in [0.2, 0.25) is 5.91 Å². The molecule has 1 amide bonds. The Bertz CT molecular complexity index is 1150. The van der Waals surface area contributed by atoms with E-state index in [2.05, 4.69) is 33.3 Å². The van der Waals surface area contributed by atoms with Crippen LogP contribution in [-0.4, -0.2) is 49.8 Å². The molecule has 1 N–H and O–H groups in total. The topological polar surface area (TPSA) is 85.1 Å². The van der Waals surface area contributed by atoms with Crippen LogP contribution in [0.4, 0.5) is 5.13 Å². The molecule has 1 aromatic carbocycles. The summed E-state index contributed by atoms with van der Waals surface area (Å²) in [7, 11) is 1.73. The summed E-state index contributed by atoms with van der Waals surface area (Å²) in [4.78, 5) is 31.6. The molecule has 3 heterocycles. The Kier molecular flexibility index (Phi) is 4.94. The lowest BCUT2D eigenvalue weighted by Gasteiger charge is -2.30. The van der Waals surface area contributed by atoms with Gasteiger partial charge >= 0.3 is 5.69 Å². The van der Waals surface area contributed by atoms with Gasteiger partial charge < -0.3 is 5.32 Å². The molecule has 1 saturated heterocycles. The minimum Gasteiger partial charge on any atom is -0.301 e. The molecule has 158 valence electrons. The lowest BCUT2D eigenvalue weighted by molar-refractivity contribution is -0.117. The first-order valence-electron chi connectivity index (χ1n) is 10.5. The molecule has 0 unspecified atom stereocenters. The molecule has 0 bridgehead atoms. The predicted octanol–water partition coefficient (Wildman–Crippen LogP) is 2.65. The van der Waals surface area contributed by atoms with Gasteiger partial charge in [-0.1, -0.05) is 17.4 Å². The van der Waals surface area contributed by atoms with Crippen molar-refractivity contribution in [3.8, 4) is 0 Å². The van der Waals surface area contributed by atoms with Crippen molar-refractivity contribution in [2.75, 3.05) is 25.0 Å². The van der Waals surface area contributed by atoms with Crippen LogP contribution in [0.25, 0.3) is 10.2 Å². The zero-order valence-corrected chi connectivity index (χ0v) is 18.1. The number of carbonyl (C=O) groups is 1. The SMILES string of the molecule is Cc1ccc2nc(NC(=O)CN3CCC(c4nn(C)c(=O)n4C4CC4)CC3)sc2c1. The Morgan fingerprint density at radius 1 is 1.23 bits per heavy atom. The van der Waals surface area contributed by atoms with E-state index >= 15 is 0 Å². The number of anilines is 1. The summed E-state index contributed by atoms with van der Waals surface area (Å²) < 4.78 is 4.46. The standard InChI is InChI=1S/C21H26N6O2S/c1-13-3-6-16-17(11-13)30-20(22-16)23-18(28)12-26-9-7-14(8-10-26)19-24-25(2)21(29)27(19)15-4-5-15/h3,6,11,14-15H,4-5,7-10,12H2,1-2H3,(H,22,23,28). The second-order valence-corrected chi connectivity index (χ2v) is 9.48. The molecule has 0 radical (unpaired) electrons. The molecule has 1 aliphatic heterocycles. The number of carbonyl (C=O) groups excluding carboxylic acids is 1. The van der Waals surface area contributed by atoms with Crippen LogP contribution in [0.1, 0.15) is 49.0 Å². The first-order valence-corrected chi connectivity index (χ1v) is 11.3. The molecule has 1 saturated carbocycles.